The molecule has 0 aliphatic heterocycles. The van der Waals surface area contributed by atoms with Crippen LogP contribution in [0.5, 0.6) is 5.75 Å². The first kappa shape index (κ1) is 23.3. The SMILES string of the molecule is CCOc1ccc(C(=O)NC(=S)Nc2cccc(NC(=O)c3cc4ccccc4o3)c2)cc1Cl. The third-order valence-electron chi connectivity index (χ3n) is 4.75. The number of hydrogen-bond donors (Lipinski definition) is 3. The van der Waals surface area contributed by atoms with Crippen LogP contribution in [0.4, 0.5) is 11.4 Å². The molecule has 9 heteroatoms. The summed E-state index contributed by atoms with van der Waals surface area (Å²) >= 11 is 11.4. The van der Waals surface area contributed by atoms with Crippen LogP contribution in [-0.4, -0.2) is 23.5 Å². The van der Waals surface area contributed by atoms with Gasteiger partial charge < -0.3 is 19.8 Å². The molecular weight excluding hydrogens is 474 g/mol. The van der Waals surface area contributed by atoms with Gasteiger partial charge >= 0.3 is 0 Å². The van der Waals surface area contributed by atoms with Crippen molar-refractivity contribution in [3.05, 3.63) is 89.1 Å². The molecule has 0 aliphatic carbocycles. The van der Waals surface area contributed by atoms with Crippen molar-refractivity contribution in [3.8, 4) is 5.75 Å². The van der Waals surface area contributed by atoms with Crippen molar-refractivity contribution < 1.29 is 18.7 Å². The van der Waals surface area contributed by atoms with Crippen LogP contribution in [0.2, 0.25) is 5.02 Å². The molecule has 4 aromatic rings. The smallest absolute Gasteiger partial charge is 0.291 e. The minimum absolute atomic E-state index is 0.0933. The van der Waals surface area contributed by atoms with E-state index in [0.717, 1.165) is 5.39 Å². The van der Waals surface area contributed by atoms with E-state index in [2.05, 4.69) is 16.0 Å². The number of ether oxygens (including phenoxy) is 1. The molecule has 0 unspecified atom stereocenters. The fraction of sp³-hybridized carbons (Fsp3) is 0.0800. The van der Waals surface area contributed by atoms with Crippen LogP contribution in [0.25, 0.3) is 11.0 Å². The summed E-state index contributed by atoms with van der Waals surface area (Å²) in [7, 11) is 0. The van der Waals surface area contributed by atoms with Gasteiger partial charge in [-0.2, -0.15) is 0 Å². The van der Waals surface area contributed by atoms with E-state index in [4.69, 9.17) is 33.0 Å². The standard InChI is InChI=1S/C25H20ClN3O4S/c1-2-32-21-11-10-16(12-19(21)26)23(30)29-25(34)28-18-8-5-7-17(14-18)27-24(31)22-13-15-6-3-4-9-20(15)33-22/h3-14H,2H2,1H3,(H,27,31)(H2,28,29,30,34). The topological polar surface area (TPSA) is 92.6 Å². The zero-order chi connectivity index (χ0) is 24.1. The summed E-state index contributed by atoms with van der Waals surface area (Å²) < 4.78 is 11.0. The molecule has 7 nitrogen and oxygen atoms in total. The molecule has 3 aromatic carbocycles. The van der Waals surface area contributed by atoms with Crippen LogP contribution in [0.3, 0.4) is 0 Å². The molecule has 0 fully saturated rings. The molecule has 0 spiro atoms. The summed E-state index contributed by atoms with van der Waals surface area (Å²) in [5, 5.41) is 9.60. The molecule has 172 valence electrons. The first-order valence-corrected chi connectivity index (χ1v) is 11.2. The number of para-hydroxylation sites is 1. The van der Waals surface area contributed by atoms with Gasteiger partial charge in [-0.25, -0.2) is 0 Å². The first-order valence-electron chi connectivity index (χ1n) is 10.4. The van der Waals surface area contributed by atoms with E-state index in [1.165, 1.54) is 6.07 Å². The summed E-state index contributed by atoms with van der Waals surface area (Å²) in [6, 6.07) is 20.7. The van der Waals surface area contributed by atoms with Crippen LogP contribution in [-0.2, 0) is 0 Å². The van der Waals surface area contributed by atoms with Gasteiger partial charge in [0.2, 0.25) is 0 Å². The van der Waals surface area contributed by atoms with Crippen LogP contribution in [0.15, 0.2) is 77.2 Å². The van der Waals surface area contributed by atoms with Gasteiger partial charge in [0, 0.05) is 22.3 Å². The second-order valence-electron chi connectivity index (χ2n) is 7.17. The minimum Gasteiger partial charge on any atom is -0.492 e. The fourth-order valence-electron chi connectivity index (χ4n) is 3.21. The van der Waals surface area contributed by atoms with E-state index in [1.807, 2.05) is 25.1 Å². The lowest BCUT2D eigenvalue weighted by atomic mass is 10.2. The van der Waals surface area contributed by atoms with Crippen LogP contribution >= 0.6 is 23.8 Å². The highest BCUT2D eigenvalue weighted by Gasteiger charge is 2.14. The molecule has 3 N–H and O–H groups in total. The number of anilines is 2. The predicted molar refractivity (Wildman–Crippen MR) is 137 cm³/mol. The quantitative estimate of drug-likeness (QED) is 0.291. The number of hydrogen-bond acceptors (Lipinski definition) is 5. The second-order valence-corrected chi connectivity index (χ2v) is 7.99. The molecule has 4 rings (SSSR count). The van der Waals surface area contributed by atoms with Gasteiger partial charge in [0.05, 0.1) is 11.6 Å². The first-order chi connectivity index (χ1) is 16.4. The van der Waals surface area contributed by atoms with E-state index in [0.29, 0.717) is 39.9 Å². The average molecular weight is 494 g/mol. The molecular formula is C25H20ClN3O4S. The van der Waals surface area contributed by atoms with E-state index < -0.39 is 5.91 Å². The number of thiocarbonyl (C=S) groups is 1. The molecule has 34 heavy (non-hydrogen) atoms. The number of halogens is 1. The Labute approximate surface area is 206 Å². The molecule has 0 saturated carbocycles. The Bertz CT molecular complexity index is 1350. The monoisotopic (exact) mass is 493 g/mol. The zero-order valence-electron chi connectivity index (χ0n) is 18.1. The highest BCUT2D eigenvalue weighted by molar-refractivity contribution is 7.80. The number of furan rings is 1. The summed E-state index contributed by atoms with van der Waals surface area (Å²) in [5.41, 5.74) is 2.09. The number of benzene rings is 3. The van der Waals surface area contributed by atoms with Gasteiger partial charge in [0.25, 0.3) is 11.8 Å². The third kappa shape index (κ3) is 5.54. The van der Waals surface area contributed by atoms with Crippen LogP contribution in [0, 0.1) is 0 Å². The van der Waals surface area contributed by atoms with Gasteiger partial charge in [-0.1, -0.05) is 35.9 Å². The Hall–Kier alpha value is -3.88. The van der Waals surface area contributed by atoms with E-state index in [1.54, 1.807) is 48.5 Å². The predicted octanol–water partition coefficient (Wildman–Crippen LogP) is 5.86. The Kier molecular flexibility index (Phi) is 7.10. The van der Waals surface area contributed by atoms with Crippen molar-refractivity contribution in [3.63, 3.8) is 0 Å². The summed E-state index contributed by atoms with van der Waals surface area (Å²) in [4.78, 5) is 25.1. The van der Waals surface area contributed by atoms with Crippen LogP contribution < -0.4 is 20.7 Å². The van der Waals surface area contributed by atoms with Crippen molar-refractivity contribution in [1.29, 1.82) is 0 Å². The Morgan fingerprint density at radius 1 is 0.941 bits per heavy atom. The Balaban J connectivity index is 1.38. The molecule has 1 heterocycles. The van der Waals surface area contributed by atoms with Crippen molar-refractivity contribution in [2.45, 2.75) is 6.92 Å². The second kappa shape index (κ2) is 10.4. The number of nitrogens with one attached hydrogen (secondary N) is 3. The van der Waals surface area contributed by atoms with Gasteiger partial charge in [-0.15, -0.1) is 0 Å². The van der Waals surface area contributed by atoms with E-state index in [9.17, 15) is 9.59 Å². The minimum atomic E-state index is -0.420. The van der Waals surface area contributed by atoms with Crippen LogP contribution in [0.1, 0.15) is 27.8 Å². The molecule has 0 bridgehead atoms. The van der Waals surface area contributed by atoms with E-state index >= 15 is 0 Å². The average Bonchev–Trinajstić information content (AvgIpc) is 3.25. The van der Waals surface area contributed by atoms with E-state index in [-0.39, 0.29) is 16.8 Å². The normalized spacial score (nSPS) is 10.5. The molecule has 0 saturated heterocycles. The number of rotatable bonds is 6. The van der Waals surface area contributed by atoms with Gasteiger partial charge in [-0.3, -0.25) is 14.9 Å². The van der Waals surface area contributed by atoms with Gasteiger partial charge in [-0.05, 0) is 67.7 Å². The number of fused-ring (bicyclic) bond motifs is 1. The Morgan fingerprint density at radius 3 is 2.44 bits per heavy atom. The highest BCUT2D eigenvalue weighted by atomic mass is 35.5. The molecule has 0 atom stereocenters. The Morgan fingerprint density at radius 2 is 1.71 bits per heavy atom. The highest BCUT2D eigenvalue weighted by Crippen LogP contribution is 2.25. The molecule has 0 aliphatic rings. The van der Waals surface area contributed by atoms with Crippen molar-refractivity contribution in [2.75, 3.05) is 17.2 Å². The molecule has 2 amide bonds. The maximum Gasteiger partial charge on any atom is 0.291 e. The number of amides is 2. The molecule has 1 aromatic heterocycles. The zero-order valence-corrected chi connectivity index (χ0v) is 19.6. The maximum atomic E-state index is 12.6. The lowest BCUT2D eigenvalue weighted by Gasteiger charge is -2.12. The van der Waals surface area contributed by atoms with Crippen molar-refractivity contribution in [1.82, 2.24) is 5.32 Å². The summed E-state index contributed by atoms with van der Waals surface area (Å²) in [5.74, 6) is -0.0901. The lowest BCUT2D eigenvalue weighted by Crippen LogP contribution is -2.34. The fourth-order valence-corrected chi connectivity index (χ4v) is 3.66. The molecule has 0 radical (unpaired) electrons. The van der Waals surface area contributed by atoms with Crippen molar-refractivity contribution >= 4 is 63.1 Å². The third-order valence-corrected chi connectivity index (χ3v) is 5.25. The lowest BCUT2D eigenvalue weighted by molar-refractivity contribution is 0.0975. The summed E-state index contributed by atoms with van der Waals surface area (Å²) in [6.45, 7) is 2.32. The maximum absolute atomic E-state index is 12.6. The summed E-state index contributed by atoms with van der Waals surface area (Å²) in [6.07, 6.45) is 0. The largest absolute Gasteiger partial charge is 0.492 e. The van der Waals surface area contributed by atoms with Gasteiger partial charge in [0.15, 0.2) is 10.9 Å². The van der Waals surface area contributed by atoms with Gasteiger partial charge in [0.1, 0.15) is 11.3 Å². The number of carbonyl (C=O) groups is 2. The number of carbonyl (C=O) groups excluding carboxylic acids is 2. The van der Waals surface area contributed by atoms with Crippen molar-refractivity contribution in [2.24, 2.45) is 0 Å².